The van der Waals surface area contributed by atoms with Crippen molar-refractivity contribution < 1.29 is 9.90 Å². The van der Waals surface area contributed by atoms with E-state index in [2.05, 4.69) is 12.2 Å². The molecule has 1 atom stereocenters. The summed E-state index contributed by atoms with van der Waals surface area (Å²) < 4.78 is 0. The van der Waals surface area contributed by atoms with Crippen LogP contribution in [0.1, 0.15) is 12.5 Å². The predicted molar refractivity (Wildman–Crippen MR) is 78.1 cm³/mol. The van der Waals surface area contributed by atoms with E-state index in [0.717, 1.165) is 25.2 Å². The number of nitrogens with zero attached hydrogens (tertiary/aromatic N) is 1. The third kappa shape index (κ3) is 4.27. The summed E-state index contributed by atoms with van der Waals surface area (Å²) in [6.07, 6.45) is 0.284. The highest BCUT2D eigenvalue weighted by atomic mass is 35.5. The number of carbonyl (C=O) groups excluding carboxylic acids is 1. The highest BCUT2D eigenvalue weighted by Crippen LogP contribution is 2.22. The minimum Gasteiger partial charge on any atom is -0.508 e. The fraction of sp³-hybridized carbons (Fsp3) is 0.462. The average Bonchev–Trinajstić information content (AvgIpc) is 2.32. The van der Waals surface area contributed by atoms with Gasteiger partial charge in [-0.05, 0) is 24.6 Å². The van der Waals surface area contributed by atoms with E-state index in [-0.39, 0.29) is 30.5 Å². The molecule has 0 radical (unpaired) electrons. The van der Waals surface area contributed by atoms with Crippen molar-refractivity contribution in [2.45, 2.75) is 19.4 Å². The minimum absolute atomic E-state index is 0. The first kappa shape index (κ1) is 16.1. The van der Waals surface area contributed by atoms with Gasteiger partial charge >= 0.3 is 0 Å². The van der Waals surface area contributed by atoms with Crippen molar-refractivity contribution in [1.82, 2.24) is 10.2 Å². The van der Waals surface area contributed by atoms with E-state index >= 15 is 0 Å². The molecule has 1 fully saturated rings. The molecule has 1 aromatic rings. The van der Waals surface area contributed by atoms with E-state index in [4.69, 9.17) is 11.6 Å². The van der Waals surface area contributed by atoms with E-state index < -0.39 is 0 Å². The van der Waals surface area contributed by atoms with E-state index in [0.29, 0.717) is 11.1 Å². The third-order valence-corrected chi connectivity index (χ3v) is 3.45. The molecule has 1 heterocycles. The van der Waals surface area contributed by atoms with Crippen LogP contribution in [0.5, 0.6) is 5.75 Å². The van der Waals surface area contributed by atoms with Gasteiger partial charge in [-0.25, -0.2) is 0 Å². The minimum atomic E-state index is 0. The number of piperazine rings is 1. The van der Waals surface area contributed by atoms with E-state index in [1.165, 1.54) is 6.07 Å². The number of benzene rings is 1. The largest absolute Gasteiger partial charge is 0.508 e. The standard InChI is InChI=1S/C13H17ClN2O2.ClH/c1-9-8-16(5-4-15-9)13(18)6-10-2-3-11(17)7-12(10)14;/h2-3,7,9,15,17H,4-6,8H2,1H3;1H/t9-;/m1./s1. The molecule has 106 valence electrons. The van der Waals surface area contributed by atoms with Crippen molar-refractivity contribution in [1.29, 1.82) is 0 Å². The summed E-state index contributed by atoms with van der Waals surface area (Å²) in [4.78, 5) is 14.0. The van der Waals surface area contributed by atoms with Gasteiger partial charge in [0.25, 0.3) is 0 Å². The number of phenols is 1. The molecule has 2 N–H and O–H groups in total. The van der Waals surface area contributed by atoms with Crippen LogP contribution >= 0.6 is 24.0 Å². The van der Waals surface area contributed by atoms with Gasteiger partial charge in [0, 0.05) is 30.7 Å². The van der Waals surface area contributed by atoms with Crippen molar-refractivity contribution in [3.63, 3.8) is 0 Å². The van der Waals surface area contributed by atoms with Gasteiger partial charge in [0.15, 0.2) is 0 Å². The summed E-state index contributed by atoms with van der Waals surface area (Å²) in [5.74, 6) is 0.197. The number of halogens is 2. The maximum atomic E-state index is 12.1. The smallest absolute Gasteiger partial charge is 0.227 e. The first-order chi connectivity index (χ1) is 8.56. The summed E-state index contributed by atoms with van der Waals surface area (Å²) in [7, 11) is 0. The molecule has 0 aliphatic carbocycles. The molecular formula is C13H18Cl2N2O2. The SMILES string of the molecule is C[C@@H]1CN(C(=O)Cc2ccc(O)cc2Cl)CCN1.Cl. The zero-order valence-electron chi connectivity index (χ0n) is 10.7. The molecule has 1 aliphatic heterocycles. The Morgan fingerprint density at radius 2 is 2.32 bits per heavy atom. The number of rotatable bonds is 2. The van der Waals surface area contributed by atoms with E-state index in [1.54, 1.807) is 12.1 Å². The zero-order valence-corrected chi connectivity index (χ0v) is 12.3. The highest BCUT2D eigenvalue weighted by Gasteiger charge is 2.21. The Morgan fingerprint density at radius 1 is 1.58 bits per heavy atom. The second-order valence-corrected chi connectivity index (χ2v) is 5.05. The lowest BCUT2D eigenvalue weighted by Crippen LogP contribution is -2.51. The number of nitrogens with one attached hydrogen (secondary N) is 1. The van der Waals surface area contributed by atoms with Gasteiger partial charge < -0.3 is 15.3 Å². The van der Waals surface area contributed by atoms with Gasteiger partial charge in [0.2, 0.25) is 5.91 Å². The average molecular weight is 305 g/mol. The lowest BCUT2D eigenvalue weighted by Gasteiger charge is -2.32. The molecule has 0 unspecified atom stereocenters. The van der Waals surface area contributed by atoms with Crippen LogP contribution in [0.3, 0.4) is 0 Å². The Kier molecular flexibility index (Phi) is 5.91. The molecule has 0 saturated carbocycles. The van der Waals surface area contributed by atoms with Crippen LogP contribution in [0.15, 0.2) is 18.2 Å². The summed E-state index contributed by atoms with van der Waals surface area (Å²) in [6.45, 7) is 4.36. The van der Waals surface area contributed by atoms with E-state index in [1.807, 2.05) is 4.90 Å². The van der Waals surface area contributed by atoms with Gasteiger partial charge in [-0.2, -0.15) is 0 Å². The predicted octanol–water partition coefficient (Wildman–Crippen LogP) is 1.83. The monoisotopic (exact) mass is 304 g/mol. The lowest BCUT2D eigenvalue weighted by atomic mass is 10.1. The van der Waals surface area contributed by atoms with Crippen molar-refractivity contribution in [3.8, 4) is 5.75 Å². The Bertz CT molecular complexity index is 454. The van der Waals surface area contributed by atoms with Crippen molar-refractivity contribution in [2.24, 2.45) is 0 Å². The maximum Gasteiger partial charge on any atom is 0.227 e. The lowest BCUT2D eigenvalue weighted by molar-refractivity contribution is -0.131. The van der Waals surface area contributed by atoms with Crippen LogP contribution in [0.25, 0.3) is 0 Å². The Morgan fingerprint density at radius 3 is 2.95 bits per heavy atom. The molecule has 1 aromatic carbocycles. The number of hydrogen-bond donors (Lipinski definition) is 2. The summed E-state index contributed by atoms with van der Waals surface area (Å²) in [5, 5.41) is 13.0. The zero-order chi connectivity index (χ0) is 13.1. The molecule has 0 bridgehead atoms. The quantitative estimate of drug-likeness (QED) is 0.876. The Balaban J connectivity index is 0.00000180. The number of amides is 1. The van der Waals surface area contributed by atoms with Crippen LogP contribution in [-0.2, 0) is 11.2 Å². The normalized spacial score (nSPS) is 18.8. The second kappa shape index (κ2) is 6.98. The summed E-state index contributed by atoms with van der Waals surface area (Å²) in [6, 6.07) is 5.04. The van der Waals surface area contributed by atoms with Gasteiger partial charge in [0.05, 0.1) is 6.42 Å². The summed E-state index contributed by atoms with van der Waals surface area (Å²) >= 11 is 6.00. The molecule has 0 spiro atoms. The number of hydrogen-bond acceptors (Lipinski definition) is 3. The molecule has 2 rings (SSSR count). The molecule has 4 nitrogen and oxygen atoms in total. The van der Waals surface area contributed by atoms with Crippen molar-refractivity contribution >= 4 is 29.9 Å². The van der Waals surface area contributed by atoms with Gasteiger partial charge in [-0.3, -0.25) is 4.79 Å². The molecule has 1 aliphatic rings. The van der Waals surface area contributed by atoms with Crippen LogP contribution in [-0.4, -0.2) is 41.6 Å². The molecular weight excluding hydrogens is 287 g/mol. The first-order valence-corrected chi connectivity index (χ1v) is 6.42. The van der Waals surface area contributed by atoms with Crippen molar-refractivity contribution in [2.75, 3.05) is 19.6 Å². The molecule has 19 heavy (non-hydrogen) atoms. The second-order valence-electron chi connectivity index (χ2n) is 4.65. The molecule has 1 saturated heterocycles. The third-order valence-electron chi connectivity index (χ3n) is 3.10. The Labute approximate surface area is 124 Å². The molecule has 1 amide bonds. The fourth-order valence-electron chi connectivity index (χ4n) is 2.11. The summed E-state index contributed by atoms with van der Waals surface area (Å²) in [5.41, 5.74) is 0.755. The highest BCUT2D eigenvalue weighted by molar-refractivity contribution is 6.31. The maximum absolute atomic E-state index is 12.1. The van der Waals surface area contributed by atoms with Gasteiger partial charge in [-0.1, -0.05) is 17.7 Å². The topological polar surface area (TPSA) is 52.6 Å². The number of carbonyl (C=O) groups is 1. The van der Waals surface area contributed by atoms with Crippen molar-refractivity contribution in [3.05, 3.63) is 28.8 Å². The van der Waals surface area contributed by atoms with Gasteiger partial charge in [0.1, 0.15) is 5.75 Å². The molecule has 0 aromatic heterocycles. The molecule has 6 heteroatoms. The van der Waals surface area contributed by atoms with Gasteiger partial charge in [-0.15, -0.1) is 12.4 Å². The van der Waals surface area contributed by atoms with Crippen LogP contribution in [0.4, 0.5) is 0 Å². The number of aromatic hydroxyl groups is 1. The Hall–Kier alpha value is -0.970. The van der Waals surface area contributed by atoms with Crippen LogP contribution < -0.4 is 5.32 Å². The fourth-order valence-corrected chi connectivity index (χ4v) is 2.35. The number of phenolic OH excluding ortho intramolecular Hbond substituents is 1. The van der Waals surface area contributed by atoms with Crippen LogP contribution in [0, 0.1) is 0 Å². The van der Waals surface area contributed by atoms with Crippen LogP contribution in [0.2, 0.25) is 5.02 Å². The first-order valence-electron chi connectivity index (χ1n) is 6.05. The van der Waals surface area contributed by atoms with E-state index in [9.17, 15) is 9.90 Å².